The lowest BCUT2D eigenvalue weighted by Gasteiger charge is -2.37. The fraction of sp³-hybridized carbons (Fsp3) is 0.706. The Morgan fingerprint density at radius 2 is 2.10 bits per heavy atom. The molecule has 1 aliphatic heterocycles. The standard InChI is InChI=1S/C17H29N3/c1-3-7-15-11-14(13-18)12-17(19-15)20-10-6-5-9-16(20)8-4-2/h11-12,16H,3-10,13,18H2,1-2H3. The van der Waals surface area contributed by atoms with Gasteiger partial charge in [0.1, 0.15) is 5.82 Å². The fourth-order valence-corrected chi connectivity index (χ4v) is 3.22. The normalized spacial score (nSPS) is 19.4. The Balaban J connectivity index is 2.26. The molecule has 2 heterocycles. The van der Waals surface area contributed by atoms with Crippen LogP contribution in [0.5, 0.6) is 0 Å². The van der Waals surface area contributed by atoms with Crippen molar-refractivity contribution in [3.63, 3.8) is 0 Å². The molecular weight excluding hydrogens is 246 g/mol. The monoisotopic (exact) mass is 275 g/mol. The minimum absolute atomic E-state index is 0.610. The maximum atomic E-state index is 5.86. The van der Waals surface area contributed by atoms with Crippen molar-refractivity contribution in [2.45, 2.75) is 71.4 Å². The summed E-state index contributed by atoms with van der Waals surface area (Å²) < 4.78 is 0. The average molecular weight is 275 g/mol. The van der Waals surface area contributed by atoms with Crippen LogP contribution in [-0.2, 0) is 13.0 Å². The highest BCUT2D eigenvalue weighted by molar-refractivity contribution is 5.44. The largest absolute Gasteiger partial charge is 0.354 e. The van der Waals surface area contributed by atoms with Crippen LogP contribution in [-0.4, -0.2) is 17.6 Å². The molecule has 0 amide bonds. The molecule has 0 aromatic carbocycles. The zero-order valence-corrected chi connectivity index (χ0v) is 13.1. The van der Waals surface area contributed by atoms with Crippen molar-refractivity contribution in [3.8, 4) is 0 Å². The van der Waals surface area contributed by atoms with E-state index in [-0.39, 0.29) is 0 Å². The maximum Gasteiger partial charge on any atom is 0.129 e. The second-order valence-electron chi connectivity index (χ2n) is 5.91. The van der Waals surface area contributed by atoms with Crippen molar-refractivity contribution in [1.82, 2.24) is 4.98 Å². The van der Waals surface area contributed by atoms with Gasteiger partial charge in [0.05, 0.1) is 0 Å². The Morgan fingerprint density at radius 3 is 2.80 bits per heavy atom. The van der Waals surface area contributed by atoms with Crippen molar-refractivity contribution in [2.75, 3.05) is 11.4 Å². The first-order valence-electron chi connectivity index (χ1n) is 8.25. The number of nitrogens with zero attached hydrogens (tertiary/aromatic N) is 2. The van der Waals surface area contributed by atoms with Gasteiger partial charge in [0.2, 0.25) is 0 Å². The Hall–Kier alpha value is -1.09. The lowest BCUT2D eigenvalue weighted by atomic mass is 9.98. The number of hydrogen-bond donors (Lipinski definition) is 1. The van der Waals surface area contributed by atoms with E-state index in [0.717, 1.165) is 25.2 Å². The molecular formula is C17H29N3. The lowest BCUT2D eigenvalue weighted by Crippen LogP contribution is -2.40. The summed E-state index contributed by atoms with van der Waals surface area (Å²) in [7, 11) is 0. The summed E-state index contributed by atoms with van der Waals surface area (Å²) >= 11 is 0. The number of nitrogens with two attached hydrogens (primary N) is 1. The van der Waals surface area contributed by atoms with Crippen LogP contribution >= 0.6 is 0 Å². The van der Waals surface area contributed by atoms with E-state index >= 15 is 0 Å². The second kappa shape index (κ2) is 7.63. The SMILES string of the molecule is CCCc1cc(CN)cc(N2CCCCC2CCC)n1. The van der Waals surface area contributed by atoms with Crippen LogP contribution in [0.2, 0.25) is 0 Å². The van der Waals surface area contributed by atoms with Crippen molar-refractivity contribution in [2.24, 2.45) is 5.73 Å². The molecule has 3 nitrogen and oxygen atoms in total. The van der Waals surface area contributed by atoms with Gasteiger partial charge in [-0.05, 0) is 49.8 Å². The van der Waals surface area contributed by atoms with Crippen LogP contribution in [0.25, 0.3) is 0 Å². The molecule has 1 atom stereocenters. The average Bonchev–Trinajstić information content (AvgIpc) is 2.48. The molecule has 0 saturated carbocycles. The molecule has 20 heavy (non-hydrogen) atoms. The quantitative estimate of drug-likeness (QED) is 0.861. The highest BCUT2D eigenvalue weighted by Crippen LogP contribution is 2.27. The third-order valence-corrected chi connectivity index (χ3v) is 4.21. The Bertz CT molecular complexity index is 415. The van der Waals surface area contributed by atoms with Crippen LogP contribution < -0.4 is 10.6 Å². The molecule has 0 radical (unpaired) electrons. The van der Waals surface area contributed by atoms with E-state index < -0.39 is 0 Å². The van der Waals surface area contributed by atoms with E-state index in [1.54, 1.807) is 0 Å². The molecule has 2 rings (SSSR count). The predicted octanol–water partition coefficient (Wildman–Crippen LogP) is 3.65. The Kier molecular flexibility index (Phi) is 5.84. The van der Waals surface area contributed by atoms with Gasteiger partial charge in [-0.2, -0.15) is 0 Å². The van der Waals surface area contributed by atoms with E-state index in [1.165, 1.54) is 43.4 Å². The second-order valence-corrected chi connectivity index (χ2v) is 5.91. The zero-order chi connectivity index (χ0) is 14.4. The molecule has 0 aliphatic carbocycles. The fourth-order valence-electron chi connectivity index (χ4n) is 3.22. The van der Waals surface area contributed by atoms with Gasteiger partial charge in [0, 0.05) is 24.8 Å². The number of pyridine rings is 1. The van der Waals surface area contributed by atoms with Gasteiger partial charge in [-0.1, -0.05) is 26.7 Å². The lowest BCUT2D eigenvalue weighted by molar-refractivity contribution is 0.431. The molecule has 1 aromatic rings. The van der Waals surface area contributed by atoms with Crippen LogP contribution in [0, 0.1) is 0 Å². The first-order valence-corrected chi connectivity index (χ1v) is 8.25. The Morgan fingerprint density at radius 1 is 1.25 bits per heavy atom. The number of anilines is 1. The molecule has 3 heteroatoms. The Labute approximate surface area is 123 Å². The minimum Gasteiger partial charge on any atom is -0.354 e. The number of piperidine rings is 1. The minimum atomic E-state index is 0.610. The van der Waals surface area contributed by atoms with Gasteiger partial charge >= 0.3 is 0 Å². The maximum absolute atomic E-state index is 5.86. The number of aryl methyl sites for hydroxylation is 1. The van der Waals surface area contributed by atoms with Crippen molar-refractivity contribution >= 4 is 5.82 Å². The molecule has 2 N–H and O–H groups in total. The van der Waals surface area contributed by atoms with E-state index in [0.29, 0.717) is 12.6 Å². The number of rotatable bonds is 6. The van der Waals surface area contributed by atoms with Crippen LogP contribution in [0.3, 0.4) is 0 Å². The molecule has 1 fully saturated rings. The summed E-state index contributed by atoms with van der Waals surface area (Å²) in [6, 6.07) is 5.04. The van der Waals surface area contributed by atoms with E-state index in [4.69, 9.17) is 10.7 Å². The number of hydrogen-bond acceptors (Lipinski definition) is 3. The molecule has 1 saturated heterocycles. The third kappa shape index (κ3) is 3.72. The van der Waals surface area contributed by atoms with E-state index in [1.807, 2.05) is 0 Å². The zero-order valence-electron chi connectivity index (χ0n) is 13.1. The first kappa shape index (κ1) is 15.3. The molecule has 0 spiro atoms. The van der Waals surface area contributed by atoms with Gasteiger partial charge in [-0.15, -0.1) is 0 Å². The molecule has 112 valence electrons. The van der Waals surface area contributed by atoms with Crippen LogP contribution in [0.15, 0.2) is 12.1 Å². The van der Waals surface area contributed by atoms with E-state index in [2.05, 4.69) is 30.9 Å². The summed E-state index contributed by atoms with van der Waals surface area (Å²) in [5.41, 5.74) is 8.28. The van der Waals surface area contributed by atoms with Gasteiger partial charge < -0.3 is 10.6 Å². The highest BCUT2D eigenvalue weighted by atomic mass is 15.2. The van der Waals surface area contributed by atoms with Crippen LogP contribution in [0.4, 0.5) is 5.82 Å². The molecule has 1 aliphatic rings. The summed E-state index contributed by atoms with van der Waals surface area (Å²) in [6.07, 6.45) is 8.67. The van der Waals surface area contributed by atoms with Gasteiger partial charge in [0.15, 0.2) is 0 Å². The topological polar surface area (TPSA) is 42.1 Å². The molecule has 1 aromatic heterocycles. The molecule has 0 bridgehead atoms. The summed E-state index contributed by atoms with van der Waals surface area (Å²) in [4.78, 5) is 7.43. The summed E-state index contributed by atoms with van der Waals surface area (Å²) in [5, 5.41) is 0. The summed E-state index contributed by atoms with van der Waals surface area (Å²) in [6.45, 7) is 6.24. The van der Waals surface area contributed by atoms with E-state index in [9.17, 15) is 0 Å². The van der Waals surface area contributed by atoms with Gasteiger partial charge in [0.25, 0.3) is 0 Å². The smallest absolute Gasteiger partial charge is 0.129 e. The predicted molar refractivity (Wildman–Crippen MR) is 86.0 cm³/mol. The molecule has 1 unspecified atom stereocenters. The van der Waals surface area contributed by atoms with Crippen molar-refractivity contribution in [1.29, 1.82) is 0 Å². The third-order valence-electron chi connectivity index (χ3n) is 4.21. The van der Waals surface area contributed by atoms with Crippen molar-refractivity contribution in [3.05, 3.63) is 23.4 Å². The number of aromatic nitrogens is 1. The summed E-state index contributed by atoms with van der Waals surface area (Å²) in [5.74, 6) is 1.16. The van der Waals surface area contributed by atoms with Gasteiger partial charge in [-0.3, -0.25) is 0 Å². The first-order chi connectivity index (χ1) is 9.78. The van der Waals surface area contributed by atoms with Crippen molar-refractivity contribution < 1.29 is 0 Å². The van der Waals surface area contributed by atoms with Crippen LogP contribution in [0.1, 0.15) is 63.6 Å². The van der Waals surface area contributed by atoms with Gasteiger partial charge in [-0.25, -0.2) is 4.98 Å². The highest BCUT2D eigenvalue weighted by Gasteiger charge is 2.23.